The van der Waals surface area contributed by atoms with E-state index in [4.69, 9.17) is 4.74 Å². The maximum atomic E-state index is 12.6. The van der Waals surface area contributed by atoms with E-state index >= 15 is 0 Å². The second kappa shape index (κ2) is 6.67. The van der Waals surface area contributed by atoms with E-state index in [1.54, 1.807) is 4.90 Å². The van der Waals surface area contributed by atoms with Crippen LogP contribution < -0.4 is 5.32 Å². The van der Waals surface area contributed by atoms with Gasteiger partial charge in [0.2, 0.25) is 0 Å². The van der Waals surface area contributed by atoms with Crippen LogP contribution in [0.1, 0.15) is 51.9 Å². The first-order valence-corrected chi connectivity index (χ1v) is 8.97. The van der Waals surface area contributed by atoms with Gasteiger partial charge in [-0.05, 0) is 38.5 Å². The molecule has 4 atom stereocenters. The van der Waals surface area contributed by atoms with Gasteiger partial charge in [0.15, 0.2) is 0 Å². The van der Waals surface area contributed by atoms with Crippen LogP contribution in [0.4, 0.5) is 4.79 Å². The van der Waals surface area contributed by atoms with E-state index < -0.39 is 11.4 Å². The maximum absolute atomic E-state index is 12.6. The number of hydrogen-bond acceptors (Lipinski definition) is 3. The van der Waals surface area contributed by atoms with E-state index in [0.717, 1.165) is 38.5 Å². The molecule has 0 aromatic heterocycles. The summed E-state index contributed by atoms with van der Waals surface area (Å²) in [5, 5.41) is 12.7. The number of rotatable bonds is 4. The summed E-state index contributed by atoms with van der Waals surface area (Å²) < 4.78 is 5.76. The van der Waals surface area contributed by atoms with Crippen LogP contribution in [0.3, 0.4) is 0 Å². The number of nitrogens with one attached hydrogen (secondary N) is 1. The number of fused-ring (bicyclic) bond motifs is 1. The van der Waals surface area contributed by atoms with Crippen LogP contribution in [0.2, 0.25) is 0 Å². The third-order valence-electron chi connectivity index (χ3n) is 5.98. The van der Waals surface area contributed by atoms with E-state index in [1.165, 1.54) is 0 Å². The lowest BCUT2D eigenvalue weighted by atomic mass is 9.81. The van der Waals surface area contributed by atoms with Crippen LogP contribution in [0.5, 0.6) is 0 Å². The van der Waals surface area contributed by atoms with Gasteiger partial charge in [0, 0.05) is 19.7 Å². The molecule has 6 heteroatoms. The molecule has 0 radical (unpaired) electrons. The molecular formula is C17H28N2O4. The van der Waals surface area contributed by atoms with Crippen molar-refractivity contribution in [3.63, 3.8) is 0 Å². The number of carboxylic acids is 1. The van der Waals surface area contributed by atoms with Gasteiger partial charge in [-0.25, -0.2) is 4.79 Å². The van der Waals surface area contributed by atoms with Crippen molar-refractivity contribution in [2.45, 2.75) is 64.0 Å². The number of urea groups is 1. The van der Waals surface area contributed by atoms with Crippen molar-refractivity contribution in [3.05, 3.63) is 0 Å². The molecule has 1 aliphatic heterocycles. The standard InChI is InChI=1S/C17H28N2O4/c1-2-23-14-8-4-3-7-13(14)18-16(22)19-10-12-6-5-9-17(12,11-19)15(20)21/h12-14H,2-11H2,1H3,(H,18,22)(H,20,21)/t12-,13+,14+,17+/m0/s1. The number of carbonyl (C=O) groups is 2. The molecule has 3 rings (SSSR count). The van der Waals surface area contributed by atoms with Gasteiger partial charge in [0.25, 0.3) is 0 Å². The van der Waals surface area contributed by atoms with E-state index in [9.17, 15) is 14.7 Å². The molecule has 0 bridgehead atoms. The van der Waals surface area contributed by atoms with E-state index in [0.29, 0.717) is 26.1 Å². The summed E-state index contributed by atoms with van der Waals surface area (Å²) in [7, 11) is 0. The monoisotopic (exact) mass is 324 g/mol. The first kappa shape index (κ1) is 16.6. The Balaban J connectivity index is 1.62. The third kappa shape index (κ3) is 3.05. The summed E-state index contributed by atoms with van der Waals surface area (Å²) in [6, 6.07) is -0.0611. The van der Waals surface area contributed by atoms with Crippen molar-refractivity contribution < 1.29 is 19.4 Å². The fourth-order valence-corrected chi connectivity index (χ4v) is 4.72. The zero-order valence-electron chi connectivity index (χ0n) is 13.9. The molecule has 23 heavy (non-hydrogen) atoms. The van der Waals surface area contributed by atoms with Crippen LogP contribution in [0.25, 0.3) is 0 Å². The quantitative estimate of drug-likeness (QED) is 0.831. The van der Waals surface area contributed by atoms with Gasteiger partial charge in [0.1, 0.15) is 0 Å². The Morgan fingerprint density at radius 3 is 2.74 bits per heavy atom. The molecule has 0 unspecified atom stereocenters. The molecule has 3 aliphatic rings. The Morgan fingerprint density at radius 1 is 1.26 bits per heavy atom. The highest BCUT2D eigenvalue weighted by atomic mass is 16.5. The number of ether oxygens (including phenoxy) is 1. The Morgan fingerprint density at radius 2 is 2.04 bits per heavy atom. The van der Waals surface area contributed by atoms with Crippen molar-refractivity contribution >= 4 is 12.0 Å². The normalized spacial score (nSPS) is 36.7. The number of amides is 2. The molecule has 6 nitrogen and oxygen atoms in total. The fourth-order valence-electron chi connectivity index (χ4n) is 4.72. The van der Waals surface area contributed by atoms with Crippen molar-refractivity contribution in [3.8, 4) is 0 Å². The first-order chi connectivity index (χ1) is 11.1. The predicted molar refractivity (Wildman–Crippen MR) is 85.2 cm³/mol. The van der Waals surface area contributed by atoms with E-state index in [2.05, 4.69) is 5.32 Å². The largest absolute Gasteiger partial charge is 0.481 e. The average Bonchev–Trinajstić information content (AvgIpc) is 3.07. The van der Waals surface area contributed by atoms with Crippen LogP contribution in [0.15, 0.2) is 0 Å². The van der Waals surface area contributed by atoms with Gasteiger partial charge in [-0.2, -0.15) is 0 Å². The number of hydrogen-bond donors (Lipinski definition) is 2. The SMILES string of the molecule is CCO[C@@H]1CCCC[C@H]1NC(=O)N1C[C@@H]2CCC[C@@]2(C(=O)O)C1. The first-order valence-electron chi connectivity index (χ1n) is 8.97. The summed E-state index contributed by atoms with van der Waals surface area (Å²) in [6.45, 7) is 3.56. The molecule has 2 N–H and O–H groups in total. The fraction of sp³-hybridized carbons (Fsp3) is 0.882. The van der Waals surface area contributed by atoms with Crippen molar-refractivity contribution in [1.29, 1.82) is 0 Å². The highest BCUT2D eigenvalue weighted by Crippen LogP contribution is 2.48. The Kier molecular flexibility index (Phi) is 4.80. The second-order valence-electron chi connectivity index (χ2n) is 7.27. The summed E-state index contributed by atoms with van der Waals surface area (Å²) in [4.78, 5) is 26.1. The number of likely N-dealkylation sites (tertiary alicyclic amines) is 1. The average molecular weight is 324 g/mol. The summed E-state index contributed by atoms with van der Waals surface area (Å²) in [6.07, 6.45) is 6.84. The third-order valence-corrected chi connectivity index (χ3v) is 5.98. The Labute approximate surface area is 137 Å². The molecule has 0 aromatic carbocycles. The molecule has 2 saturated carbocycles. The summed E-state index contributed by atoms with van der Waals surface area (Å²) >= 11 is 0. The molecule has 0 spiro atoms. The molecule has 130 valence electrons. The van der Waals surface area contributed by atoms with Crippen LogP contribution in [0, 0.1) is 11.3 Å². The van der Waals surface area contributed by atoms with Gasteiger partial charge < -0.3 is 20.1 Å². The van der Waals surface area contributed by atoms with Crippen LogP contribution >= 0.6 is 0 Å². The highest BCUT2D eigenvalue weighted by molar-refractivity contribution is 5.80. The molecular weight excluding hydrogens is 296 g/mol. The van der Waals surface area contributed by atoms with Crippen molar-refractivity contribution in [2.24, 2.45) is 11.3 Å². The minimum absolute atomic E-state index is 0.0532. The lowest BCUT2D eigenvalue weighted by molar-refractivity contribution is -0.149. The van der Waals surface area contributed by atoms with Crippen molar-refractivity contribution in [2.75, 3.05) is 19.7 Å². The predicted octanol–water partition coefficient (Wildman–Crippen LogP) is 2.23. The minimum atomic E-state index is -0.736. The van der Waals surface area contributed by atoms with Gasteiger partial charge in [-0.1, -0.05) is 19.3 Å². The van der Waals surface area contributed by atoms with Gasteiger partial charge in [-0.15, -0.1) is 0 Å². The highest BCUT2D eigenvalue weighted by Gasteiger charge is 2.56. The number of nitrogens with zero attached hydrogens (tertiary/aromatic N) is 1. The molecule has 0 aromatic rings. The number of carboxylic acid groups (broad SMARTS) is 1. The molecule has 2 amide bonds. The number of aliphatic carboxylic acids is 1. The van der Waals surface area contributed by atoms with E-state index in [1.807, 2.05) is 6.92 Å². The number of carbonyl (C=O) groups excluding carboxylic acids is 1. The zero-order chi connectivity index (χ0) is 16.4. The van der Waals surface area contributed by atoms with Crippen molar-refractivity contribution in [1.82, 2.24) is 10.2 Å². The van der Waals surface area contributed by atoms with Gasteiger partial charge >= 0.3 is 12.0 Å². The topological polar surface area (TPSA) is 78.9 Å². The summed E-state index contributed by atoms with van der Waals surface area (Å²) in [5.74, 6) is -0.625. The maximum Gasteiger partial charge on any atom is 0.317 e. The van der Waals surface area contributed by atoms with Gasteiger partial charge in [-0.3, -0.25) is 4.79 Å². The molecule has 1 heterocycles. The molecule has 1 saturated heterocycles. The van der Waals surface area contributed by atoms with E-state index in [-0.39, 0.29) is 24.1 Å². The minimum Gasteiger partial charge on any atom is -0.481 e. The van der Waals surface area contributed by atoms with Crippen LogP contribution in [-0.2, 0) is 9.53 Å². The Hall–Kier alpha value is -1.30. The zero-order valence-corrected chi connectivity index (χ0v) is 13.9. The van der Waals surface area contributed by atoms with Crippen LogP contribution in [-0.4, -0.2) is 53.8 Å². The molecule has 3 fully saturated rings. The molecule has 2 aliphatic carbocycles. The lowest BCUT2D eigenvalue weighted by Crippen LogP contribution is -2.51. The lowest BCUT2D eigenvalue weighted by Gasteiger charge is -2.33. The summed E-state index contributed by atoms with van der Waals surface area (Å²) in [5.41, 5.74) is -0.705. The smallest absolute Gasteiger partial charge is 0.317 e. The van der Waals surface area contributed by atoms with Gasteiger partial charge in [0.05, 0.1) is 17.6 Å². The Bertz CT molecular complexity index is 468. The second-order valence-corrected chi connectivity index (χ2v) is 7.27.